The Hall–Kier alpha value is -3.16. The second-order valence-corrected chi connectivity index (χ2v) is 6.07. The van der Waals surface area contributed by atoms with Crippen molar-refractivity contribution in [2.45, 2.75) is 0 Å². The van der Waals surface area contributed by atoms with E-state index in [0.29, 0.717) is 5.02 Å². The quantitative estimate of drug-likeness (QED) is 0.516. The van der Waals surface area contributed by atoms with Crippen molar-refractivity contribution in [3.05, 3.63) is 77.1 Å². The molecule has 3 nitrogen and oxygen atoms in total. The molecule has 0 fully saturated rings. The van der Waals surface area contributed by atoms with Gasteiger partial charge in [0.15, 0.2) is 0 Å². The molecular formula is C20H11ClFN3. The molecule has 25 heavy (non-hydrogen) atoms. The van der Waals surface area contributed by atoms with Crippen molar-refractivity contribution >= 4 is 22.6 Å². The molecule has 3 aromatic carbocycles. The molecule has 0 amide bonds. The number of nitriles is 1. The lowest BCUT2D eigenvalue weighted by atomic mass is 10.0. The van der Waals surface area contributed by atoms with E-state index in [0.717, 1.165) is 33.5 Å². The first-order valence-electron chi connectivity index (χ1n) is 7.60. The molecule has 4 aromatic rings. The summed E-state index contributed by atoms with van der Waals surface area (Å²) >= 11 is 6.00. The second kappa shape index (κ2) is 6.04. The summed E-state index contributed by atoms with van der Waals surface area (Å²) in [5.41, 5.74) is 4.27. The van der Waals surface area contributed by atoms with Crippen LogP contribution in [-0.4, -0.2) is 9.97 Å². The number of H-pyrrole nitrogens is 1. The lowest BCUT2D eigenvalue weighted by molar-refractivity contribution is 0.624. The van der Waals surface area contributed by atoms with Crippen molar-refractivity contribution in [3.63, 3.8) is 0 Å². The zero-order valence-corrected chi connectivity index (χ0v) is 13.7. The number of aromatic amines is 1. The normalized spacial score (nSPS) is 10.8. The number of hydrogen-bond acceptors (Lipinski definition) is 2. The molecule has 0 unspecified atom stereocenters. The minimum Gasteiger partial charge on any atom is -0.338 e. The predicted molar refractivity (Wildman–Crippen MR) is 96.6 cm³/mol. The van der Waals surface area contributed by atoms with Gasteiger partial charge in [0.2, 0.25) is 0 Å². The third-order valence-corrected chi connectivity index (χ3v) is 4.26. The van der Waals surface area contributed by atoms with Gasteiger partial charge < -0.3 is 4.98 Å². The van der Waals surface area contributed by atoms with E-state index >= 15 is 0 Å². The largest absolute Gasteiger partial charge is 0.338 e. The number of imidazole rings is 1. The maximum atomic E-state index is 13.8. The van der Waals surface area contributed by atoms with Gasteiger partial charge >= 0.3 is 0 Å². The number of nitrogens with zero attached hydrogens (tertiary/aromatic N) is 2. The molecule has 5 heteroatoms. The zero-order valence-electron chi connectivity index (χ0n) is 12.9. The van der Waals surface area contributed by atoms with Crippen molar-refractivity contribution in [2.75, 3.05) is 0 Å². The van der Waals surface area contributed by atoms with Gasteiger partial charge in [-0.3, -0.25) is 0 Å². The van der Waals surface area contributed by atoms with Crippen molar-refractivity contribution in [1.29, 1.82) is 5.26 Å². The first kappa shape index (κ1) is 15.4. The number of aromatic nitrogens is 2. The van der Waals surface area contributed by atoms with Crippen LogP contribution in [0.4, 0.5) is 4.39 Å². The Kier molecular flexibility index (Phi) is 3.72. The molecule has 0 saturated heterocycles. The summed E-state index contributed by atoms with van der Waals surface area (Å²) < 4.78 is 13.8. The molecule has 0 bridgehead atoms. The summed E-state index contributed by atoms with van der Waals surface area (Å²) in [7, 11) is 0. The zero-order chi connectivity index (χ0) is 17.4. The van der Waals surface area contributed by atoms with E-state index in [2.05, 4.69) is 9.97 Å². The fourth-order valence-electron chi connectivity index (χ4n) is 2.72. The van der Waals surface area contributed by atoms with Gasteiger partial charge in [0.05, 0.1) is 16.6 Å². The van der Waals surface area contributed by atoms with Gasteiger partial charge in [-0.05, 0) is 41.5 Å². The first-order chi connectivity index (χ1) is 12.1. The van der Waals surface area contributed by atoms with Crippen LogP contribution in [0.25, 0.3) is 33.5 Å². The van der Waals surface area contributed by atoms with Crippen LogP contribution in [0.2, 0.25) is 5.02 Å². The molecular weight excluding hydrogens is 337 g/mol. The van der Waals surface area contributed by atoms with Gasteiger partial charge in [-0.15, -0.1) is 0 Å². The standard InChI is InChI=1S/C20H11ClFN3/c21-16-7-8-18-19(10-16)25-20(24-18)13-3-1-12(2-4-13)14-5-6-15(11-23)17(22)9-14/h1-10H,(H,24,25). The summed E-state index contributed by atoms with van der Waals surface area (Å²) in [5.74, 6) is 0.230. The summed E-state index contributed by atoms with van der Waals surface area (Å²) in [6.07, 6.45) is 0. The lowest BCUT2D eigenvalue weighted by Crippen LogP contribution is -1.86. The molecule has 0 aliphatic rings. The predicted octanol–water partition coefficient (Wildman–Crippen LogP) is 5.56. The molecule has 0 spiro atoms. The van der Waals surface area contributed by atoms with Gasteiger partial charge in [-0.2, -0.15) is 5.26 Å². The Bertz CT molecular complexity index is 1120. The molecule has 1 N–H and O–H groups in total. The van der Waals surface area contributed by atoms with E-state index < -0.39 is 5.82 Å². The highest BCUT2D eigenvalue weighted by Crippen LogP contribution is 2.27. The maximum absolute atomic E-state index is 13.8. The van der Waals surface area contributed by atoms with Gasteiger partial charge in [0.25, 0.3) is 0 Å². The topological polar surface area (TPSA) is 52.5 Å². The minimum atomic E-state index is -0.516. The first-order valence-corrected chi connectivity index (χ1v) is 7.97. The van der Waals surface area contributed by atoms with Crippen LogP contribution in [0.15, 0.2) is 60.7 Å². The average Bonchev–Trinajstić information content (AvgIpc) is 3.05. The van der Waals surface area contributed by atoms with Crippen molar-refractivity contribution in [1.82, 2.24) is 9.97 Å². The number of nitrogens with one attached hydrogen (secondary N) is 1. The fraction of sp³-hybridized carbons (Fsp3) is 0. The average molecular weight is 348 g/mol. The Morgan fingerprint density at radius 1 is 0.920 bits per heavy atom. The van der Waals surface area contributed by atoms with E-state index in [4.69, 9.17) is 16.9 Å². The molecule has 0 aliphatic carbocycles. The van der Waals surface area contributed by atoms with Crippen molar-refractivity contribution in [2.24, 2.45) is 0 Å². The molecule has 0 atom stereocenters. The molecule has 0 saturated carbocycles. The third-order valence-electron chi connectivity index (χ3n) is 4.03. The Morgan fingerprint density at radius 3 is 2.36 bits per heavy atom. The maximum Gasteiger partial charge on any atom is 0.141 e. The van der Waals surface area contributed by atoms with Crippen LogP contribution < -0.4 is 0 Å². The summed E-state index contributed by atoms with van der Waals surface area (Å²) in [5, 5.41) is 9.46. The summed E-state index contributed by atoms with van der Waals surface area (Å²) in [6, 6.07) is 19.6. The number of rotatable bonds is 2. The number of fused-ring (bicyclic) bond motifs is 1. The minimum absolute atomic E-state index is 0.0429. The molecule has 0 aliphatic heterocycles. The molecule has 0 radical (unpaired) electrons. The molecule has 1 aromatic heterocycles. The molecule has 4 rings (SSSR count). The van der Waals surface area contributed by atoms with Gasteiger partial charge in [-0.25, -0.2) is 9.37 Å². The van der Waals surface area contributed by atoms with Crippen LogP contribution in [0.5, 0.6) is 0 Å². The van der Waals surface area contributed by atoms with Gasteiger partial charge in [-0.1, -0.05) is 41.9 Å². The highest BCUT2D eigenvalue weighted by molar-refractivity contribution is 6.31. The van der Waals surface area contributed by atoms with Crippen LogP contribution >= 0.6 is 11.6 Å². The Balaban J connectivity index is 1.69. The monoisotopic (exact) mass is 347 g/mol. The number of hydrogen-bond donors (Lipinski definition) is 1. The highest BCUT2D eigenvalue weighted by atomic mass is 35.5. The van der Waals surface area contributed by atoms with Gasteiger partial charge in [0, 0.05) is 10.6 Å². The Labute approximate surface area is 148 Å². The summed E-state index contributed by atoms with van der Waals surface area (Å²) in [6.45, 7) is 0. The van der Waals surface area contributed by atoms with Crippen molar-refractivity contribution < 1.29 is 4.39 Å². The SMILES string of the molecule is N#Cc1ccc(-c2ccc(-c3nc4ccc(Cl)cc4[nH]3)cc2)cc1F. The molecule has 120 valence electrons. The highest BCUT2D eigenvalue weighted by Gasteiger charge is 2.08. The van der Waals surface area contributed by atoms with E-state index in [1.54, 1.807) is 12.1 Å². The van der Waals surface area contributed by atoms with E-state index in [-0.39, 0.29) is 5.56 Å². The lowest BCUT2D eigenvalue weighted by Gasteiger charge is -2.04. The van der Waals surface area contributed by atoms with E-state index in [1.165, 1.54) is 12.1 Å². The Morgan fingerprint density at radius 2 is 1.64 bits per heavy atom. The second-order valence-electron chi connectivity index (χ2n) is 5.63. The number of halogens is 2. The fourth-order valence-corrected chi connectivity index (χ4v) is 2.90. The van der Waals surface area contributed by atoms with Crippen LogP contribution in [-0.2, 0) is 0 Å². The van der Waals surface area contributed by atoms with Crippen LogP contribution in [0.1, 0.15) is 5.56 Å². The smallest absolute Gasteiger partial charge is 0.141 e. The van der Waals surface area contributed by atoms with Crippen LogP contribution in [0, 0.1) is 17.1 Å². The van der Waals surface area contributed by atoms with Crippen LogP contribution in [0.3, 0.4) is 0 Å². The molecule has 1 heterocycles. The van der Waals surface area contributed by atoms with E-state index in [1.807, 2.05) is 42.5 Å². The third kappa shape index (κ3) is 2.86. The number of benzene rings is 3. The summed E-state index contributed by atoms with van der Waals surface area (Å²) in [4.78, 5) is 7.80. The van der Waals surface area contributed by atoms with E-state index in [9.17, 15) is 4.39 Å². The van der Waals surface area contributed by atoms with Gasteiger partial charge in [0.1, 0.15) is 17.7 Å². The van der Waals surface area contributed by atoms with Crippen molar-refractivity contribution in [3.8, 4) is 28.6 Å².